The van der Waals surface area contributed by atoms with E-state index in [9.17, 15) is 9.59 Å². The number of amides is 3. The third-order valence-electron chi connectivity index (χ3n) is 5.79. The number of aromatic nitrogens is 2. The van der Waals surface area contributed by atoms with E-state index in [1.165, 1.54) is 0 Å². The van der Waals surface area contributed by atoms with E-state index in [2.05, 4.69) is 30.8 Å². The predicted octanol–water partition coefficient (Wildman–Crippen LogP) is 2.68. The Kier molecular flexibility index (Phi) is 6.41. The molecule has 8 heteroatoms. The third-order valence-corrected chi connectivity index (χ3v) is 5.79. The van der Waals surface area contributed by atoms with Crippen LogP contribution in [0.1, 0.15) is 37.7 Å². The van der Waals surface area contributed by atoms with Crippen LogP contribution in [0.4, 0.5) is 16.4 Å². The average molecular weight is 409 g/mol. The highest BCUT2D eigenvalue weighted by Gasteiger charge is 2.25. The van der Waals surface area contributed by atoms with Crippen LogP contribution in [0.5, 0.6) is 0 Å². The lowest BCUT2D eigenvalue weighted by molar-refractivity contribution is -0.122. The average Bonchev–Trinajstić information content (AvgIpc) is 2.72. The van der Waals surface area contributed by atoms with Gasteiger partial charge in [-0.15, -0.1) is 0 Å². The Morgan fingerprint density at radius 2 is 1.80 bits per heavy atom. The zero-order valence-electron chi connectivity index (χ0n) is 17.0. The number of urea groups is 1. The molecule has 1 saturated heterocycles. The minimum Gasteiger partial charge on any atom is -0.341 e. The Morgan fingerprint density at radius 1 is 1.03 bits per heavy atom. The van der Waals surface area contributed by atoms with Crippen LogP contribution in [-0.2, 0) is 11.3 Å². The number of hydrogen-bond donors (Lipinski definition) is 3. The summed E-state index contributed by atoms with van der Waals surface area (Å²) in [4.78, 5) is 35.1. The summed E-state index contributed by atoms with van der Waals surface area (Å²) < 4.78 is 0. The van der Waals surface area contributed by atoms with E-state index in [-0.39, 0.29) is 23.9 Å². The summed E-state index contributed by atoms with van der Waals surface area (Å²) in [5, 5.41) is 8.94. The van der Waals surface area contributed by atoms with E-state index >= 15 is 0 Å². The lowest BCUT2D eigenvalue weighted by Gasteiger charge is -2.32. The van der Waals surface area contributed by atoms with E-state index in [4.69, 9.17) is 0 Å². The number of rotatable bonds is 6. The van der Waals surface area contributed by atoms with E-state index in [1.54, 1.807) is 18.5 Å². The minimum atomic E-state index is -0.173. The maximum atomic E-state index is 12.3. The van der Waals surface area contributed by atoms with Crippen LogP contribution in [0.15, 0.2) is 42.7 Å². The highest BCUT2D eigenvalue weighted by molar-refractivity contribution is 5.93. The number of nitrogens with one attached hydrogen (secondary N) is 3. The van der Waals surface area contributed by atoms with Crippen molar-refractivity contribution in [2.24, 2.45) is 5.92 Å². The molecule has 2 aliphatic rings. The SMILES string of the molecule is O=C(NCc1cccc(NC(=O)C2CCC2)c1)NC1CCN(c2ncccn2)CC1. The van der Waals surface area contributed by atoms with Crippen LogP contribution in [0.3, 0.4) is 0 Å². The minimum absolute atomic E-state index is 0.0938. The number of hydrogen-bond acceptors (Lipinski definition) is 5. The molecule has 3 amide bonds. The standard InChI is InChI=1S/C22H28N6O2/c29-20(17-5-2-6-17)26-19-7-1-4-16(14-19)15-25-22(30)27-18-8-12-28(13-9-18)21-23-10-3-11-24-21/h1,3-4,7,10-11,14,17-18H,2,5-6,8-9,12-13,15H2,(H,26,29)(H2,25,27,30). The number of nitrogens with zero attached hydrogens (tertiary/aromatic N) is 3. The molecule has 2 fully saturated rings. The molecule has 1 aromatic carbocycles. The van der Waals surface area contributed by atoms with Crippen molar-refractivity contribution in [3.63, 3.8) is 0 Å². The van der Waals surface area contributed by atoms with Crippen molar-refractivity contribution < 1.29 is 9.59 Å². The number of piperidine rings is 1. The first kappa shape index (κ1) is 20.1. The second-order valence-corrected chi connectivity index (χ2v) is 7.95. The molecule has 0 atom stereocenters. The van der Waals surface area contributed by atoms with Crippen LogP contribution in [0, 0.1) is 5.92 Å². The third kappa shape index (κ3) is 5.25. The normalized spacial score (nSPS) is 17.1. The predicted molar refractivity (Wildman–Crippen MR) is 115 cm³/mol. The van der Waals surface area contributed by atoms with Crippen molar-refractivity contribution in [1.82, 2.24) is 20.6 Å². The molecular weight excluding hydrogens is 380 g/mol. The highest BCUT2D eigenvalue weighted by Crippen LogP contribution is 2.27. The van der Waals surface area contributed by atoms with Gasteiger partial charge in [0, 0.05) is 49.7 Å². The molecule has 0 spiro atoms. The quantitative estimate of drug-likeness (QED) is 0.683. The van der Waals surface area contributed by atoms with Crippen molar-refractivity contribution in [2.75, 3.05) is 23.3 Å². The van der Waals surface area contributed by atoms with Crippen molar-refractivity contribution >= 4 is 23.6 Å². The van der Waals surface area contributed by atoms with Crippen LogP contribution in [0.2, 0.25) is 0 Å². The molecule has 158 valence electrons. The molecule has 0 bridgehead atoms. The van der Waals surface area contributed by atoms with Gasteiger partial charge in [-0.05, 0) is 49.4 Å². The number of benzene rings is 1. The number of carbonyl (C=O) groups excluding carboxylic acids is 2. The maximum absolute atomic E-state index is 12.3. The topological polar surface area (TPSA) is 99.2 Å². The van der Waals surface area contributed by atoms with Gasteiger partial charge in [-0.25, -0.2) is 14.8 Å². The molecule has 1 aromatic heterocycles. The molecule has 3 N–H and O–H groups in total. The number of carbonyl (C=O) groups is 2. The van der Waals surface area contributed by atoms with Crippen molar-refractivity contribution in [3.05, 3.63) is 48.3 Å². The first-order valence-electron chi connectivity index (χ1n) is 10.6. The fourth-order valence-electron chi connectivity index (χ4n) is 3.77. The summed E-state index contributed by atoms with van der Waals surface area (Å²) in [5.74, 6) is 0.985. The van der Waals surface area contributed by atoms with E-state index in [0.29, 0.717) is 6.54 Å². The Hall–Kier alpha value is -3.16. The fourth-order valence-corrected chi connectivity index (χ4v) is 3.77. The molecule has 0 unspecified atom stereocenters. The molecule has 1 aliphatic carbocycles. The van der Waals surface area contributed by atoms with E-state index in [1.807, 2.05) is 24.3 Å². The fraction of sp³-hybridized carbons (Fsp3) is 0.455. The maximum Gasteiger partial charge on any atom is 0.315 e. The molecule has 30 heavy (non-hydrogen) atoms. The lowest BCUT2D eigenvalue weighted by atomic mass is 9.85. The first-order valence-corrected chi connectivity index (χ1v) is 10.6. The Labute approximate surface area is 176 Å². The van der Waals surface area contributed by atoms with Gasteiger partial charge in [-0.2, -0.15) is 0 Å². The molecule has 0 radical (unpaired) electrons. The monoisotopic (exact) mass is 408 g/mol. The largest absolute Gasteiger partial charge is 0.341 e. The molecule has 1 saturated carbocycles. The summed E-state index contributed by atoms with van der Waals surface area (Å²) in [6, 6.07) is 9.40. The van der Waals surface area contributed by atoms with Gasteiger partial charge in [0.1, 0.15) is 0 Å². The molecule has 4 rings (SSSR count). The molecular formula is C22H28N6O2. The van der Waals surface area contributed by atoms with E-state index in [0.717, 1.165) is 62.4 Å². The Bertz CT molecular complexity index is 863. The molecule has 2 aromatic rings. The number of anilines is 2. The summed E-state index contributed by atoms with van der Waals surface area (Å²) in [6.07, 6.45) is 8.29. The van der Waals surface area contributed by atoms with Crippen LogP contribution < -0.4 is 20.9 Å². The van der Waals surface area contributed by atoms with Crippen molar-refractivity contribution in [3.8, 4) is 0 Å². The van der Waals surface area contributed by atoms with E-state index < -0.39 is 0 Å². The van der Waals surface area contributed by atoms with Crippen LogP contribution in [0.25, 0.3) is 0 Å². The van der Waals surface area contributed by atoms with Gasteiger partial charge in [-0.1, -0.05) is 18.6 Å². The lowest BCUT2D eigenvalue weighted by Crippen LogP contribution is -2.48. The molecule has 1 aliphatic heterocycles. The molecule has 8 nitrogen and oxygen atoms in total. The second-order valence-electron chi connectivity index (χ2n) is 7.95. The zero-order valence-corrected chi connectivity index (χ0v) is 17.0. The summed E-state index contributed by atoms with van der Waals surface area (Å²) >= 11 is 0. The Balaban J connectivity index is 1.20. The second kappa shape index (κ2) is 9.56. The van der Waals surface area contributed by atoms with Crippen LogP contribution >= 0.6 is 0 Å². The first-order chi connectivity index (χ1) is 14.7. The van der Waals surface area contributed by atoms with Gasteiger partial charge in [0.2, 0.25) is 11.9 Å². The van der Waals surface area contributed by atoms with Crippen molar-refractivity contribution in [2.45, 2.75) is 44.7 Å². The summed E-state index contributed by atoms with van der Waals surface area (Å²) in [6.45, 7) is 2.05. The summed E-state index contributed by atoms with van der Waals surface area (Å²) in [7, 11) is 0. The highest BCUT2D eigenvalue weighted by atomic mass is 16.2. The van der Waals surface area contributed by atoms with Gasteiger partial charge in [0.25, 0.3) is 0 Å². The smallest absolute Gasteiger partial charge is 0.315 e. The van der Waals surface area contributed by atoms with Gasteiger partial charge >= 0.3 is 6.03 Å². The van der Waals surface area contributed by atoms with Gasteiger partial charge < -0.3 is 20.9 Å². The van der Waals surface area contributed by atoms with Crippen molar-refractivity contribution in [1.29, 1.82) is 0 Å². The van der Waals surface area contributed by atoms with Gasteiger partial charge in [-0.3, -0.25) is 4.79 Å². The summed E-state index contributed by atoms with van der Waals surface area (Å²) in [5.41, 5.74) is 1.73. The Morgan fingerprint density at radius 3 is 2.50 bits per heavy atom. The zero-order chi connectivity index (χ0) is 20.8. The van der Waals surface area contributed by atoms with Crippen LogP contribution in [-0.4, -0.2) is 41.0 Å². The van der Waals surface area contributed by atoms with Gasteiger partial charge in [0.05, 0.1) is 0 Å². The van der Waals surface area contributed by atoms with Gasteiger partial charge in [0.15, 0.2) is 0 Å². The molecule has 2 heterocycles.